The van der Waals surface area contributed by atoms with Gasteiger partial charge in [-0.25, -0.2) is 13.8 Å². The molecule has 0 saturated carbocycles. The highest BCUT2D eigenvalue weighted by Crippen LogP contribution is 2.28. The predicted octanol–water partition coefficient (Wildman–Crippen LogP) is 5.06. The van der Waals surface area contributed by atoms with Gasteiger partial charge in [-0.15, -0.1) is 0 Å². The van der Waals surface area contributed by atoms with E-state index in [9.17, 15) is 13.6 Å². The minimum absolute atomic E-state index is 0.0564. The molecule has 0 bridgehead atoms. The van der Waals surface area contributed by atoms with Crippen molar-refractivity contribution in [3.8, 4) is 11.1 Å². The van der Waals surface area contributed by atoms with Crippen LogP contribution in [0.2, 0.25) is 0 Å². The van der Waals surface area contributed by atoms with E-state index in [0.29, 0.717) is 11.3 Å². The van der Waals surface area contributed by atoms with Crippen LogP contribution in [0, 0.1) is 6.92 Å². The number of hydrogen-bond acceptors (Lipinski definition) is 6. The van der Waals surface area contributed by atoms with E-state index in [1.807, 2.05) is 19.1 Å². The van der Waals surface area contributed by atoms with Gasteiger partial charge in [0.15, 0.2) is 0 Å². The average Bonchev–Trinajstić information content (AvgIpc) is 2.84. The van der Waals surface area contributed by atoms with Crippen LogP contribution in [-0.4, -0.2) is 39.3 Å². The van der Waals surface area contributed by atoms with Gasteiger partial charge < -0.3 is 10.6 Å². The monoisotopic (exact) mass is 448 g/mol. The van der Waals surface area contributed by atoms with Crippen LogP contribution >= 0.6 is 0 Å². The van der Waals surface area contributed by atoms with Crippen LogP contribution in [-0.2, 0) is 0 Å². The summed E-state index contributed by atoms with van der Waals surface area (Å²) >= 11 is 0. The fourth-order valence-corrected chi connectivity index (χ4v) is 3.39. The first-order valence-corrected chi connectivity index (χ1v) is 10.3. The Morgan fingerprint density at radius 2 is 1.82 bits per heavy atom. The summed E-state index contributed by atoms with van der Waals surface area (Å²) in [6, 6.07) is 8.48. The summed E-state index contributed by atoms with van der Waals surface area (Å²) in [5, 5.41) is 6.61. The lowest BCUT2D eigenvalue weighted by Gasteiger charge is -2.12. The Hall–Kier alpha value is -4.01. The highest BCUT2D eigenvalue weighted by molar-refractivity contribution is 6.03. The topological polar surface area (TPSA) is 92.7 Å². The number of fused-ring (bicyclic) bond motifs is 1. The lowest BCUT2D eigenvalue weighted by Crippen LogP contribution is -2.15. The maximum absolute atomic E-state index is 13.0. The van der Waals surface area contributed by atoms with Crippen LogP contribution in [0.3, 0.4) is 0 Å². The Balaban J connectivity index is 1.61. The fourth-order valence-electron chi connectivity index (χ4n) is 3.39. The average molecular weight is 448 g/mol. The van der Waals surface area contributed by atoms with Crippen molar-refractivity contribution in [3.63, 3.8) is 0 Å². The molecular formula is C24H22F2N6O. The smallest absolute Gasteiger partial charge is 0.274 e. The second-order valence-electron chi connectivity index (χ2n) is 7.64. The molecule has 33 heavy (non-hydrogen) atoms. The zero-order valence-corrected chi connectivity index (χ0v) is 18.3. The van der Waals surface area contributed by atoms with Crippen molar-refractivity contribution in [3.05, 3.63) is 72.1 Å². The molecule has 4 aromatic rings. The second kappa shape index (κ2) is 9.23. The number of halogens is 2. The van der Waals surface area contributed by atoms with E-state index in [0.717, 1.165) is 33.5 Å². The third kappa shape index (κ3) is 4.77. The third-order valence-corrected chi connectivity index (χ3v) is 5.40. The molecule has 1 amide bonds. The normalized spacial score (nSPS) is 12.1. The number of carbonyl (C=O) groups excluding carboxylic acids is 1. The molecule has 0 aliphatic heterocycles. The molecule has 2 N–H and O–H groups in total. The summed E-state index contributed by atoms with van der Waals surface area (Å²) in [5.74, 6) is -0.771. The van der Waals surface area contributed by atoms with Crippen molar-refractivity contribution in [2.24, 2.45) is 0 Å². The van der Waals surface area contributed by atoms with Gasteiger partial charge in [-0.2, -0.15) is 0 Å². The number of rotatable bonds is 6. The number of aromatic nitrogens is 4. The molecule has 0 aromatic carbocycles. The van der Waals surface area contributed by atoms with Gasteiger partial charge in [-0.3, -0.25) is 19.7 Å². The number of amides is 1. The molecule has 0 unspecified atom stereocenters. The van der Waals surface area contributed by atoms with Crippen LogP contribution in [0.25, 0.3) is 22.0 Å². The zero-order valence-electron chi connectivity index (χ0n) is 18.3. The number of hydrogen-bond donors (Lipinski definition) is 2. The summed E-state index contributed by atoms with van der Waals surface area (Å²) in [5.41, 5.74) is 4.06. The number of aryl methyl sites for hydroxylation is 1. The Morgan fingerprint density at radius 3 is 2.58 bits per heavy atom. The number of anilines is 2. The zero-order chi connectivity index (χ0) is 23.5. The van der Waals surface area contributed by atoms with E-state index in [1.165, 1.54) is 31.5 Å². The van der Waals surface area contributed by atoms with E-state index in [4.69, 9.17) is 0 Å². The number of carbonyl (C=O) groups is 1. The van der Waals surface area contributed by atoms with Crippen molar-refractivity contribution in [1.82, 2.24) is 19.9 Å². The molecule has 9 heteroatoms. The van der Waals surface area contributed by atoms with Crippen LogP contribution in [0.5, 0.6) is 0 Å². The molecule has 4 rings (SSSR count). The molecule has 0 aliphatic carbocycles. The molecule has 168 valence electrons. The first-order chi connectivity index (χ1) is 15.9. The number of alkyl halides is 2. The quantitative estimate of drug-likeness (QED) is 0.428. The Bertz CT molecular complexity index is 1330. The summed E-state index contributed by atoms with van der Waals surface area (Å²) in [6.07, 6.45) is 3.86. The largest absolute Gasteiger partial charge is 0.373 e. The number of nitrogens with zero attached hydrogens (tertiary/aromatic N) is 4. The SMILES string of the molecule is CNc1cc2ncc(-c3cc(NC(=O)c4cc([C@H](C)C(F)F)ccn4)cnc3C)cc2cn1. The summed E-state index contributed by atoms with van der Waals surface area (Å²) in [4.78, 5) is 30.0. The minimum atomic E-state index is -2.53. The molecule has 0 aliphatic rings. The molecular weight excluding hydrogens is 426 g/mol. The van der Waals surface area contributed by atoms with Gasteiger partial charge in [-0.1, -0.05) is 6.92 Å². The first kappa shape index (κ1) is 22.2. The molecule has 0 saturated heterocycles. The Morgan fingerprint density at radius 1 is 1.00 bits per heavy atom. The maximum Gasteiger partial charge on any atom is 0.274 e. The van der Waals surface area contributed by atoms with Gasteiger partial charge in [0, 0.05) is 59.8 Å². The Labute approximate surface area is 189 Å². The van der Waals surface area contributed by atoms with Gasteiger partial charge in [0.1, 0.15) is 11.5 Å². The van der Waals surface area contributed by atoms with Gasteiger partial charge in [0.25, 0.3) is 5.91 Å². The van der Waals surface area contributed by atoms with E-state index < -0.39 is 18.3 Å². The van der Waals surface area contributed by atoms with Gasteiger partial charge in [-0.05, 0) is 36.8 Å². The van der Waals surface area contributed by atoms with E-state index >= 15 is 0 Å². The molecule has 4 aromatic heterocycles. The summed E-state index contributed by atoms with van der Waals surface area (Å²) < 4.78 is 26.1. The van der Waals surface area contributed by atoms with Crippen LogP contribution in [0.1, 0.15) is 34.6 Å². The number of pyridine rings is 4. The summed E-state index contributed by atoms with van der Waals surface area (Å²) in [7, 11) is 1.79. The van der Waals surface area contributed by atoms with Crippen molar-refractivity contribution >= 4 is 28.3 Å². The minimum Gasteiger partial charge on any atom is -0.373 e. The van der Waals surface area contributed by atoms with Crippen LogP contribution in [0.15, 0.2) is 55.1 Å². The van der Waals surface area contributed by atoms with Crippen LogP contribution < -0.4 is 10.6 Å². The molecule has 4 heterocycles. The molecule has 0 fully saturated rings. The summed E-state index contributed by atoms with van der Waals surface area (Å²) in [6.45, 7) is 3.27. The van der Waals surface area contributed by atoms with E-state index in [1.54, 1.807) is 25.5 Å². The lowest BCUT2D eigenvalue weighted by molar-refractivity contribution is 0.102. The highest BCUT2D eigenvalue weighted by atomic mass is 19.3. The van der Waals surface area contributed by atoms with Crippen molar-refractivity contribution in [2.75, 3.05) is 17.7 Å². The van der Waals surface area contributed by atoms with E-state index in [-0.39, 0.29) is 5.69 Å². The molecule has 7 nitrogen and oxygen atoms in total. The fraction of sp³-hybridized carbons (Fsp3) is 0.208. The molecule has 0 spiro atoms. The van der Waals surface area contributed by atoms with Gasteiger partial charge >= 0.3 is 0 Å². The highest BCUT2D eigenvalue weighted by Gasteiger charge is 2.19. The maximum atomic E-state index is 13.0. The van der Waals surface area contributed by atoms with Gasteiger partial charge in [0.2, 0.25) is 6.43 Å². The van der Waals surface area contributed by atoms with Gasteiger partial charge in [0.05, 0.1) is 17.4 Å². The second-order valence-corrected chi connectivity index (χ2v) is 7.64. The lowest BCUT2D eigenvalue weighted by atomic mass is 10.0. The number of nitrogens with one attached hydrogen (secondary N) is 2. The predicted molar refractivity (Wildman–Crippen MR) is 124 cm³/mol. The van der Waals surface area contributed by atoms with E-state index in [2.05, 4.69) is 30.6 Å². The van der Waals surface area contributed by atoms with Crippen LogP contribution in [0.4, 0.5) is 20.3 Å². The first-order valence-electron chi connectivity index (χ1n) is 10.3. The molecule has 1 atom stereocenters. The third-order valence-electron chi connectivity index (χ3n) is 5.40. The standard InChI is InChI=1S/C24H22F2N6O/c1-13(23(25)26)15-4-5-28-21(7-15)24(33)32-18-8-19(14(2)29-12-18)16-6-17-11-31-22(27-3)9-20(17)30-10-16/h4-13,23H,1-3H3,(H,27,31)(H,32,33)/t13-/m0/s1. The van der Waals surface area contributed by atoms with Crippen molar-refractivity contribution in [2.45, 2.75) is 26.2 Å². The molecule has 0 radical (unpaired) electrons. The Kier molecular flexibility index (Phi) is 6.21. The van der Waals surface area contributed by atoms with Crippen molar-refractivity contribution < 1.29 is 13.6 Å². The van der Waals surface area contributed by atoms with Crippen molar-refractivity contribution in [1.29, 1.82) is 0 Å².